The van der Waals surface area contributed by atoms with Gasteiger partial charge in [0.25, 0.3) is 0 Å². The molecule has 0 saturated carbocycles. The maximum Gasteiger partial charge on any atom is -0.00271 e. The van der Waals surface area contributed by atoms with E-state index in [-0.39, 0.29) is 14.9 Å². The molecule has 0 heterocycles. The molecule has 0 aromatic rings. The normalized spacial score (nSPS) is 5.80. The van der Waals surface area contributed by atoms with Crippen LogP contribution >= 0.6 is 0 Å². The lowest BCUT2D eigenvalue weighted by atomic mass is 10.3. The summed E-state index contributed by atoms with van der Waals surface area (Å²) in [4.78, 5) is 0. The van der Waals surface area contributed by atoms with Crippen molar-refractivity contribution in [3.63, 3.8) is 0 Å². The van der Waals surface area contributed by atoms with Crippen LogP contribution in [-0.4, -0.2) is 0 Å². The van der Waals surface area contributed by atoms with Crippen molar-refractivity contribution in [2.24, 2.45) is 0 Å². The molecule has 0 fully saturated rings. The van der Waals surface area contributed by atoms with E-state index in [9.17, 15) is 0 Å². The van der Waals surface area contributed by atoms with E-state index >= 15 is 0 Å². The van der Waals surface area contributed by atoms with Crippen molar-refractivity contribution in [1.29, 1.82) is 0 Å². The molecule has 0 aliphatic carbocycles. The Kier molecular flexibility index (Phi) is 74.3. The van der Waals surface area contributed by atoms with Crippen LogP contribution in [0.15, 0.2) is 23.8 Å². The van der Waals surface area contributed by atoms with Gasteiger partial charge in [-0.15, -0.1) is 11.8 Å². The van der Waals surface area contributed by atoms with Crippen molar-refractivity contribution in [2.45, 2.75) is 63.3 Å². The molecule has 0 spiro atoms. The second-order valence-electron chi connectivity index (χ2n) is 2.53. The molecule has 0 unspecified atom stereocenters. The smallest absolute Gasteiger partial charge is 0.00271 e. The Morgan fingerprint density at radius 3 is 1.00 bits per heavy atom. The van der Waals surface area contributed by atoms with Crippen LogP contribution in [0.2, 0.25) is 0 Å². The first kappa shape index (κ1) is 29.2. The Balaban J connectivity index is -0.0000000315. The first-order valence-corrected chi connectivity index (χ1v) is 4.60. The zero-order chi connectivity index (χ0) is 11.1. The summed E-state index contributed by atoms with van der Waals surface area (Å²) in [6, 6.07) is 0. The molecule has 0 saturated heterocycles. The highest BCUT2D eigenvalue weighted by atomic mass is 13.7. The minimum absolute atomic E-state index is 0. The quantitative estimate of drug-likeness (QED) is 0.348. The van der Waals surface area contributed by atoms with Crippen LogP contribution < -0.4 is 0 Å². The van der Waals surface area contributed by atoms with Gasteiger partial charge in [0.15, 0.2) is 0 Å². The van der Waals surface area contributed by atoms with Gasteiger partial charge >= 0.3 is 0 Å². The fraction of sp³-hybridized carbons (Fsp3) is 0.600. The molecule has 0 N–H and O–H groups in total. The van der Waals surface area contributed by atoms with Crippen LogP contribution in [0.3, 0.4) is 0 Å². The Morgan fingerprint density at radius 2 is 1.00 bits per heavy atom. The average molecular weight is 212 g/mol. The number of hydrogen-bond donors (Lipinski definition) is 0. The van der Waals surface area contributed by atoms with Gasteiger partial charge in [0.1, 0.15) is 0 Å². The van der Waals surface area contributed by atoms with Gasteiger partial charge < -0.3 is 0 Å². The minimum Gasteiger partial charge on any atom is -0.107 e. The molecule has 0 aliphatic rings. The first-order chi connectivity index (χ1) is 6.10. The summed E-state index contributed by atoms with van der Waals surface area (Å²) in [7, 11) is 0. The van der Waals surface area contributed by atoms with Crippen LogP contribution in [0.25, 0.3) is 0 Å². The standard InChI is InChI=1S/C5H10.C4H8.C4H6.2CH4/c1-4-5(2)3;2*1-3-4-2;;/h4H,1-3H3;3-4H,1-2H3;1-2H3;2*1H4/b;4-3+;;;. The van der Waals surface area contributed by atoms with Gasteiger partial charge in [0.2, 0.25) is 0 Å². The van der Waals surface area contributed by atoms with Gasteiger partial charge in [-0.3, -0.25) is 0 Å². The molecule has 0 heteroatoms. The molecule has 0 radical (unpaired) electrons. The Morgan fingerprint density at radius 1 is 0.800 bits per heavy atom. The molecule has 0 amide bonds. The second-order valence-corrected chi connectivity index (χ2v) is 2.53. The van der Waals surface area contributed by atoms with Gasteiger partial charge in [-0.05, 0) is 48.5 Å². The molecule has 0 atom stereocenters. The van der Waals surface area contributed by atoms with E-state index in [4.69, 9.17) is 0 Å². The molecular weight excluding hydrogens is 180 g/mol. The molecule has 0 aliphatic heterocycles. The molecule has 0 nitrogen and oxygen atoms in total. The lowest BCUT2D eigenvalue weighted by Gasteiger charge is -1.74. The highest BCUT2D eigenvalue weighted by Gasteiger charge is 1.60. The summed E-state index contributed by atoms with van der Waals surface area (Å²) < 4.78 is 0. The summed E-state index contributed by atoms with van der Waals surface area (Å²) in [6.45, 7) is 13.8. The van der Waals surface area contributed by atoms with E-state index in [1.165, 1.54) is 5.57 Å². The molecular formula is C15H32. The molecule has 0 aromatic heterocycles. The van der Waals surface area contributed by atoms with Gasteiger partial charge in [-0.2, -0.15) is 0 Å². The van der Waals surface area contributed by atoms with Crippen molar-refractivity contribution >= 4 is 0 Å². The van der Waals surface area contributed by atoms with E-state index in [2.05, 4.69) is 31.8 Å². The van der Waals surface area contributed by atoms with E-state index < -0.39 is 0 Å². The lowest BCUT2D eigenvalue weighted by molar-refractivity contribution is 1.36. The third kappa shape index (κ3) is 172. The van der Waals surface area contributed by atoms with Crippen LogP contribution in [0.5, 0.6) is 0 Å². The Hall–Kier alpha value is -0.960. The Bertz CT molecular complexity index is 158. The van der Waals surface area contributed by atoms with Crippen molar-refractivity contribution < 1.29 is 0 Å². The largest absolute Gasteiger partial charge is 0.107 e. The van der Waals surface area contributed by atoms with Crippen molar-refractivity contribution in [1.82, 2.24) is 0 Å². The highest BCUT2D eigenvalue weighted by molar-refractivity contribution is 4.89. The van der Waals surface area contributed by atoms with Gasteiger partial charge in [0, 0.05) is 0 Å². The van der Waals surface area contributed by atoms with E-state index in [0.29, 0.717) is 0 Å². The fourth-order valence-corrected chi connectivity index (χ4v) is 0. The SMILES string of the molecule is C.C.C/C=C/C.CC#CC.CC=C(C)C. The third-order valence-corrected chi connectivity index (χ3v) is 1.16. The van der Waals surface area contributed by atoms with Crippen LogP contribution in [0, 0.1) is 11.8 Å². The maximum atomic E-state index is 2.68. The zero-order valence-corrected chi connectivity index (χ0v) is 10.2. The van der Waals surface area contributed by atoms with Crippen molar-refractivity contribution in [3.05, 3.63) is 23.8 Å². The summed E-state index contributed by atoms with van der Waals surface area (Å²) >= 11 is 0. The molecule has 0 aromatic carbocycles. The topological polar surface area (TPSA) is 0 Å². The van der Waals surface area contributed by atoms with Gasteiger partial charge in [0.05, 0.1) is 0 Å². The van der Waals surface area contributed by atoms with Crippen LogP contribution in [0.4, 0.5) is 0 Å². The minimum atomic E-state index is 0. The van der Waals surface area contributed by atoms with Crippen LogP contribution in [0.1, 0.15) is 63.3 Å². The monoisotopic (exact) mass is 212 g/mol. The predicted octanol–water partition coefficient (Wildman–Crippen LogP) is 5.86. The molecule has 0 rings (SSSR count). The average Bonchev–Trinajstić information content (AvgIpc) is 2.18. The van der Waals surface area contributed by atoms with E-state index in [1.54, 1.807) is 0 Å². The zero-order valence-electron chi connectivity index (χ0n) is 10.2. The second kappa shape index (κ2) is 38.1. The number of allylic oxidation sites excluding steroid dienone is 4. The van der Waals surface area contributed by atoms with Gasteiger partial charge in [-0.25, -0.2) is 0 Å². The maximum absolute atomic E-state index is 2.68. The fourth-order valence-electron chi connectivity index (χ4n) is 0. The summed E-state index contributed by atoms with van der Waals surface area (Å²) in [6.07, 6.45) is 6.08. The van der Waals surface area contributed by atoms with Crippen LogP contribution in [-0.2, 0) is 0 Å². The first-order valence-electron chi connectivity index (χ1n) is 4.60. The number of hydrogen-bond acceptors (Lipinski definition) is 0. The summed E-state index contributed by atoms with van der Waals surface area (Å²) in [5.74, 6) is 5.36. The highest BCUT2D eigenvalue weighted by Crippen LogP contribution is 1.82. The van der Waals surface area contributed by atoms with Crippen molar-refractivity contribution in [2.75, 3.05) is 0 Å². The van der Waals surface area contributed by atoms with E-state index in [1.807, 2.05) is 46.8 Å². The number of rotatable bonds is 0. The predicted molar refractivity (Wildman–Crippen MR) is 78.2 cm³/mol. The van der Waals surface area contributed by atoms with Crippen molar-refractivity contribution in [3.8, 4) is 11.8 Å². The van der Waals surface area contributed by atoms with E-state index in [0.717, 1.165) is 0 Å². The molecule has 92 valence electrons. The molecule has 0 bridgehead atoms. The Labute approximate surface area is 99.5 Å². The van der Waals surface area contributed by atoms with Gasteiger partial charge in [-0.1, -0.05) is 38.7 Å². The third-order valence-electron chi connectivity index (χ3n) is 1.16. The molecule has 15 heavy (non-hydrogen) atoms. The summed E-state index contributed by atoms with van der Waals surface area (Å²) in [5.41, 5.74) is 1.38. The summed E-state index contributed by atoms with van der Waals surface area (Å²) in [5, 5.41) is 0. The lowest BCUT2D eigenvalue weighted by Crippen LogP contribution is -1.52.